The molecule has 100 valence electrons. The van der Waals surface area contributed by atoms with Gasteiger partial charge in [-0.15, -0.1) is 0 Å². The van der Waals surface area contributed by atoms with Gasteiger partial charge in [-0.2, -0.15) is 0 Å². The lowest BCUT2D eigenvalue weighted by molar-refractivity contribution is -0.384. The lowest BCUT2D eigenvalue weighted by atomic mass is 10.0. The van der Waals surface area contributed by atoms with Crippen molar-refractivity contribution in [2.45, 2.75) is 26.3 Å². The van der Waals surface area contributed by atoms with Crippen LogP contribution in [0.3, 0.4) is 0 Å². The second-order valence-electron chi connectivity index (χ2n) is 5.32. The lowest BCUT2D eigenvalue weighted by Crippen LogP contribution is -2.44. The standard InChI is InChI=1S/C13H21N3O2/c1-10-6-7-11(16(17)18)8-12(10)14-9-13(2,3)15(4)5/h6-8,14H,9H2,1-5H3. The first-order valence-corrected chi connectivity index (χ1v) is 5.90. The topological polar surface area (TPSA) is 58.4 Å². The van der Waals surface area contributed by atoms with Crippen LogP contribution in [-0.4, -0.2) is 36.0 Å². The zero-order chi connectivity index (χ0) is 13.9. The molecule has 0 amide bonds. The lowest BCUT2D eigenvalue weighted by Gasteiger charge is -2.33. The molecule has 0 spiro atoms. The quantitative estimate of drug-likeness (QED) is 0.645. The molecule has 1 N–H and O–H groups in total. The van der Waals surface area contributed by atoms with Crippen LogP contribution in [0.5, 0.6) is 0 Å². The molecule has 0 heterocycles. The Kier molecular flexibility index (Phi) is 4.29. The molecule has 0 fully saturated rings. The number of rotatable bonds is 5. The van der Waals surface area contributed by atoms with Gasteiger partial charge < -0.3 is 10.2 Å². The average molecular weight is 251 g/mol. The molecule has 0 aliphatic heterocycles. The van der Waals surface area contributed by atoms with Crippen LogP contribution in [0.15, 0.2) is 18.2 Å². The van der Waals surface area contributed by atoms with Gasteiger partial charge in [-0.3, -0.25) is 10.1 Å². The summed E-state index contributed by atoms with van der Waals surface area (Å²) in [6, 6.07) is 4.88. The molecule has 1 aromatic carbocycles. The minimum absolute atomic E-state index is 0.0168. The van der Waals surface area contributed by atoms with Crippen LogP contribution in [0.25, 0.3) is 0 Å². The van der Waals surface area contributed by atoms with Crippen LogP contribution in [0.2, 0.25) is 0 Å². The zero-order valence-electron chi connectivity index (χ0n) is 11.7. The molecule has 0 atom stereocenters. The third kappa shape index (κ3) is 3.43. The van der Waals surface area contributed by atoms with Crippen molar-refractivity contribution in [3.05, 3.63) is 33.9 Å². The number of aryl methyl sites for hydroxylation is 1. The molecule has 5 nitrogen and oxygen atoms in total. The van der Waals surface area contributed by atoms with Crippen molar-refractivity contribution < 1.29 is 4.92 Å². The fourth-order valence-electron chi connectivity index (χ4n) is 1.38. The van der Waals surface area contributed by atoms with E-state index in [2.05, 4.69) is 24.1 Å². The van der Waals surface area contributed by atoms with Crippen molar-refractivity contribution in [1.29, 1.82) is 0 Å². The summed E-state index contributed by atoms with van der Waals surface area (Å²) in [7, 11) is 4.03. The molecule has 0 bridgehead atoms. The van der Waals surface area contributed by atoms with Crippen molar-refractivity contribution in [2.75, 3.05) is 26.0 Å². The maximum Gasteiger partial charge on any atom is 0.271 e. The van der Waals surface area contributed by atoms with Crippen molar-refractivity contribution in [3.8, 4) is 0 Å². The molecule has 1 aromatic rings. The van der Waals surface area contributed by atoms with Crippen LogP contribution in [0.1, 0.15) is 19.4 Å². The summed E-state index contributed by atoms with van der Waals surface area (Å²) < 4.78 is 0. The SMILES string of the molecule is Cc1ccc([N+](=O)[O-])cc1NCC(C)(C)N(C)C. The van der Waals surface area contributed by atoms with Gasteiger partial charge in [0.15, 0.2) is 0 Å². The first-order valence-electron chi connectivity index (χ1n) is 5.90. The molecule has 0 aliphatic carbocycles. The van der Waals surface area contributed by atoms with Crippen LogP contribution in [0.4, 0.5) is 11.4 Å². The fraction of sp³-hybridized carbons (Fsp3) is 0.538. The van der Waals surface area contributed by atoms with E-state index in [0.717, 1.165) is 17.8 Å². The third-order valence-corrected chi connectivity index (χ3v) is 3.35. The van der Waals surface area contributed by atoms with Gasteiger partial charge in [-0.25, -0.2) is 0 Å². The summed E-state index contributed by atoms with van der Waals surface area (Å²) in [4.78, 5) is 12.5. The first kappa shape index (κ1) is 14.4. The number of non-ortho nitro benzene ring substituents is 1. The number of hydrogen-bond acceptors (Lipinski definition) is 4. The molecular weight excluding hydrogens is 230 g/mol. The summed E-state index contributed by atoms with van der Waals surface area (Å²) in [5.41, 5.74) is 1.93. The number of anilines is 1. The van der Waals surface area contributed by atoms with E-state index < -0.39 is 0 Å². The number of nitrogens with one attached hydrogen (secondary N) is 1. The molecule has 0 saturated carbocycles. The summed E-state index contributed by atoms with van der Waals surface area (Å²) >= 11 is 0. The Morgan fingerprint density at radius 3 is 2.50 bits per heavy atom. The van der Waals surface area contributed by atoms with Gasteiger partial charge >= 0.3 is 0 Å². The number of nitro benzene ring substituents is 1. The van der Waals surface area contributed by atoms with Crippen LogP contribution >= 0.6 is 0 Å². The van der Waals surface area contributed by atoms with Gasteiger partial charge in [-0.1, -0.05) is 6.07 Å². The Morgan fingerprint density at radius 1 is 1.39 bits per heavy atom. The smallest absolute Gasteiger partial charge is 0.271 e. The molecule has 1 rings (SSSR count). The Bertz CT molecular complexity index is 442. The number of likely N-dealkylation sites (N-methyl/N-ethyl adjacent to an activating group) is 1. The molecular formula is C13H21N3O2. The van der Waals surface area contributed by atoms with E-state index in [4.69, 9.17) is 0 Å². The molecule has 18 heavy (non-hydrogen) atoms. The zero-order valence-corrected chi connectivity index (χ0v) is 11.7. The molecule has 0 radical (unpaired) electrons. The number of nitrogens with zero attached hydrogens (tertiary/aromatic N) is 2. The van der Waals surface area contributed by atoms with Crippen LogP contribution in [-0.2, 0) is 0 Å². The molecule has 5 heteroatoms. The van der Waals surface area contributed by atoms with Gasteiger partial charge in [0, 0.05) is 29.9 Å². The molecule has 0 unspecified atom stereocenters. The number of benzene rings is 1. The molecule has 0 saturated heterocycles. The maximum absolute atomic E-state index is 10.7. The average Bonchev–Trinajstić information content (AvgIpc) is 2.27. The predicted octanol–water partition coefficient (Wildman–Crippen LogP) is 2.66. The maximum atomic E-state index is 10.7. The van der Waals surface area contributed by atoms with E-state index >= 15 is 0 Å². The van der Waals surface area contributed by atoms with Crippen molar-refractivity contribution in [1.82, 2.24) is 4.90 Å². The predicted molar refractivity (Wildman–Crippen MR) is 74.1 cm³/mol. The minimum atomic E-state index is -0.373. The van der Waals surface area contributed by atoms with Gasteiger partial charge in [0.05, 0.1) is 4.92 Å². The monoisotopic (exact) mass is 251 g/mol. The third-order valence-electron chi connectivity index (χ3n) is 3.35. The van der Waals surface area contributed by atoms with Crippen molar-refractivity contribution >= 4 is 11.4 Å². The van der Waals surface area contributed by atoms with Gasteiger partial charge in [0.25, 0.3) is 5.69 Å². The highest BCUT2D eigenvalue weighted by Gasteiger charge is 2.20. The first-order chi connectivity index (χ1) is 8.24. The van der Waals surface area contributed by atoms with Gasteiger partial charge in [0.2, 0.25) is 0 Å². The van der Waals surface area contributed by atoms with Crippen LogP contribution < -0.4 is 5.32 Å². The highest BCUT2D eigenvalue weighted by molar-refractivity contribution is 5.56. The highest BCUT2D eigenvalue weighted by atomic mass is 16.6. The van der Waals surface area contributed by atoms with Crippen molar-refractivity contribution in [2.24, 2.45) is 0 Å². The highest BCUT2D eigenvalue weighted by Crippen LogP contribution is 2.23. The van der Waals surface area contributed by atoms with E-state index in [-0.39, 0.29) is 16.1 Å². The fourth-order valence-corrected chi connectivity index (χ4v) is 1.38. The summed E-state index contributed by atoms with van der Waals surface area (Å²) in [6.07, 6.45) is 0. The van der Waals surface area contributed by atoms with E-state index in [1.807, 2.05) is 21.0 Å². The second kappa shape index (κ2) is 5.35. The van der Waals surface area contributed by atoms with E-state index in [9.17, 15) is 10.1 Å². The summed E-state index contributed by atoms with van der Waals surface area (Å²) in [6.45, 7) is 6.90. The Morgan fingerprint density at radius 2 is 2.00 bits per heavy atom. The van der Waals surface area contributed by atoms with Crippen molar-refractivity contribution in [3.63, 3.8) is 0 Å². The number of nitro groups is 1. The summed E-state index contributed by atoms with van der Waals surface area (Å²) in [5, 5.41) is 14.0. The molecule has 0 aliphatic rings. The Hall–Kier alpha value is -1.62. The Labute approximate surface area is 108 Å². The summed E-state index contributed by atoms with van der Waals surface area (Å²) in [5.74, 6) is 0. The van der Waals surface area contributed by atoms with Crippen LogP contribution in [0, 0.1) is 17.0 Å². The second-order valence-corrected chi connectivity index (χ2v) is 5.32. The van der Waals surface area contributed by atoms with E-state index in [1.165, 1.54) is 6.07 Å². The number of hydrogen-bond donors (Lipinski definition) is 1. The van der Waals surface area contributed by atoms with Gasteiger partial charge in [-0.05, 0) is 40.4 Å². The minimum Gasteiger partial charge on any atom is -0.383 e. The largest absolute Gasteiger partial charge is 0.383 e. The Balaban J connectivity index is 2.85. The van der Waals surface area contributed by atoms with E-state index in [0.29, 0.717) is 0 Å². The molecule has 0 aromatic heterocycles. The normalized spacial score (nSPS) is 11.7. The van der Waals surface area contributed by atoms with Gasteiger partial charge in [0.1, 0.15) is 0 Å². The van der Waals surface area contributed by atoms with E-state index in [1.54, 1.807) is 12.1 Å².